The van der Waals surface area contributed by atoms with Gasteiger partial charge in [-0.05, 0) is 5.56 Å². The lowest BCUT2D eigenvalue weighted by atomic mass is 10.2. The molecule has 1 amide bonds. The second-order valence-corrected chi connectivity index (χ2v) is 3.73. The average Bonchev–Trinajstić information content (AvgIpc) is 2.72. The fourth-order valence-corrected chi connectivity index (χ4v) is 1.74. The maximum atomic E-state index is 11.5. The fraction of sp³-hybridized carbons (Fsp3) is 0.333. The van der Waals surface area contributed by atoms with Crippen molar-refractivity contribution in [1.82, 2.24) is 4.90 Å². The van der Waals surface area contributed by atoms with Gasteiger partial charge in [0.05, 0.1) is 13.7 Å². The minimum Gasteiger partial charge on any atom is -0.467 e. The van der Waals surface area contributed by atoms with Crippen LogP contribution in [0.15, 0.2) is 30.3 Å². The zero-order chi connectivity index (χ0) is 12.3. The minimum atomic E-state index is -0.646. The van der Waals surface area contributed by atoms with Crippen molar-refractivity contribution in [3.63, 3.8) is 0 Å². The minimum absolute atomic E-state index is 0.0539. The van der Waals surface area contributed by atoms with E-state index in [0.29, 0.717) is 6.54 Å². The van der Waals surface area contributed by atoms with Crippen molar-refractivity contribution in [3.05, 3.63) is 35.9 Å². The summed E-state index contributed by atoms with van der Waals surface area (Å²) in [6, 6.07) is 8.78. The Morgan fingerprint density at radius 3 is 2.82 bits per heavy atom. The molecule has 2 rings (SSSR count). The van der Waals surface area contributed by atoms with Gasteiger partial charge in [-0.3, -0.25) is 4.90 Å². The van der Waals surface area contributed by atoms with Gasteiger partial charge in [0.25, 0.3) is 0 Å². The number of rotatable bonds is 3. The maximum absolute atomic E-state index is 11.5. The van der Waals surface area contributed by atoms with Gasteiger partial charge < -0.3 is 9.47 Å². The largest absolute Gasteiger partial charge is 0.467 e. The first-order valence-corrected chi connectivity index (χ1v) is 5.27. The van der Waals surface area contributed by atoms with E-state index >= 15 is 0 Å². The third kappa shape index (κ3) is 2.38. The van der Waals surface area contributed by atoms with E-state index in [1.807, 2.05) is 30.3 Å². The molecule has 0 spiro atoms. The van der Waals surface area contributed by atoms with Crippen LogP contribution in [0.1, 0.15) is 5.56 Å². The molecule has 0 aromatic heterocycles. The third-order valence-corrected chi connectivity index (χ3v) is 2.64. The van der Waals surface area contributed by atoms with Gasteiger partial charge in [-0.2, -0.15) is 0 Å². The van der Waals surface area contributed by atoms with Crippen molar-refractivity contribution in [2.24, 2.45) is 0 Å². The van der Waals surface area contributed by atoms with Gasteiger partial charge in [0.2, 0.25) is 0 Å². The van der Waals surface area contributed by atoms with E-state index in [9.17, 15) is 9.59 Å². The van der Waals surface area contributed by atoms with Crippen LogP contribution in [0.4, 0.5) is 4.79 Å². The number of hydrogen-bond donors (Lipinski definition) is 0. The summed E-state index contributed by atoms with van der Waals surface area (Å²) in [7, 11) is 1.30. The zero-order valence-corrected chi connectivity index (χ0v) is 9.46. The summed E-state index contributed by atoms with van der Waals surface area (Å²) in [4.78, 5) is 24.3. The lowest BCUT2D eigenvalue weighted by Gasteiger charge is -2.19. The van der Waals surface area contributed by atoms with Gasteiger partial charge in [0.15, 0.2) is 6.04 Å². The number of carbonyl (C=O) groups is 2. The number of methoxy groups -OCH3 is 1. The number of hydrogen-bond acceptors (Lipinski definition) is 4. The van der Waals surface area contributed by atoms with E-state index in [1.165, 1.54) is 12.0 Å². The van der Waals surface area contributed by atoms with Gasteiger partial charge in [0, 0.05) is 0 Å². The third-order valence-electron chi connectivity index (χ3n) is 2.64. The molecule has 0 radical (unpaired) electrons. The molecular weight excluding hydrogens is 222 g/mol. The summed E-state index contributed by atoms with van der Waals surface area (Å²) in [6.45, 7) is 0.401. The molecule has 5 nitrogen and oxygen atoms in total. The van der Waals surface area contributed by atoms with Crippen LogP contribution < -0.4 is 0 Å². The number of nitrogens with zero attached hydrogens (tertiary/aromatic N) is 1. The number of benzene rings is 1. The van der Waals surface area contributed by atoms with Crippen molar-refractivity contribution in [1.29, 1.82) is 0 Å². The molecule has 90 valence electrons. The van der Waals surface area contributed by atoms with E-state index in [0.717, 1.165) is 5.56 Å². The highest BCUT2D eigenvalue weighted by molar-refractivity contribution is 5.84. The Hall–Kier alpha value is -2.04. The molecule has 0 bridgehead atoms. The van der Waals surface area contributed by atoms with Crippen LogP contribution in [0.3, 0.4) is 0 Å². The molecule has 0 aliphatic carbocycles. The van der Waals surface area contributed by atoms with E-state index in [-0.39, 0.29) is 6.61 Å². The van der Waals surface area contributed by atoms with E-state index < -0.39 is 18.1 Å². The first-order valence-electron chi connectivity index (χ1n) is 5.27. The molecule has 5 heteroatoms. The summed E-state index contributed by atoms with van der Waals surface area (Å²) in [5.41, 5.74) is 0.945. The molecule has 1 aliphatic heterocycles. The molecule has 0 saturated carbocycles. The van der Waals surface area contributed by atoms with Crippen LogP contribution in [-0.4, -0.2) is 36.7 Å². The number of cyclic esters (lactones) is 1. The van der Waals surface area contributed by atoms with Gasteiger partial charge in [-0.15, -0.1) is 0 Å². The van der Waals surface area contributed by atoms with Crippen molar-refractivity contribution in [2.45, 2.75) is 12.6 Å². The van der Waals surface area contributed by atoms with Crippen LogP contribution in [-0.2, 0) is 20.8 Å². The maximum Gasteiger partial charge on any atom is 0.411 e. The predicted octanol–water partition coefficient (Wildman–Crippen LogP) is 1.18. The molecule has 1 aromatic carbocycles. The fourth-order valence-electron chi connectivity index (χ4n) is 1.74. The SMILES string of the molecule is COC(=O)[C@H]1COC(=O)N1Cc1ccccc1. The first-order chi connectivity index (χ1) is 8.22. The van der Waals surface area contributed by atoms with Crippen molar-refractivity contribution in [2.75, 3.05) is 13.7 Å². The molecule has 0 unspecified atom stereocenters. The van der Waals surface area contributed by atoms with Crippen LogP contribution in [0.2, 0.25) is 0 Å². The van der Waals surface area contributed by atoms with Gasteiger partial charge in [0.1, 0.15) is 6.61 Å². The summed E-state index contributed by atoms with van der Waals surface area (Å²) in [5.74, 6) is -0.452. The molecule has 1 atom stereocenters. The van der Waals surface area contributed by atoms with Crippen molar-refractivity contribution >= 4 is 12.1 Å². The monoisotopic (exact) mass is 235 g/mol. The smallest absolute Gasteiger partial charge is 0.411 e. The van der Waals surface area contributed by atoms with E-state index in [1.54, 1.807) is 0 Å². The van der Waals surface area contributed by atoms with Crippen molar-refractivity contribution < 1.29 is 19.1 Å². The highest BCUT2D eigenvalue weighted by atomic mass is 16.6. The predicted molar refractivity (Wildman–Crippen MR) is 59.1 cm³/mol. The highest BCUT2D eigenvalue weighted by Gasteiger charge is 2.38. The molecular formula is C12H13NO4. The molecule has 1 fully saturated rings. The molecule has 1 saturated heterocycles. The quantitative estimate of drug-likeness (QED) is 0.738. The van der Waals surface area contributed by atoms with Crippen molar-refractivity contribution in [3.8, 4) is 0 Å². The molecule has 17 heavy (non-hydrogen) atoms. The standard InChI is InChI=1S/C12H13NO4/c1-16-11(14)10-8-17-12(15)13(10)7-9-5-3-2-4-6-9/h2-6,10H,7-8H2,1H3/t10-/m1/s1. The summed E-state index contributed by atoms with van der Waals surface area (Å²) < 4.78 is 9.50. The van der Waals surface area contributed by atoms with Gasteiger partial charge in [-0.1, -0.05) is 30.3 Å². The normalized spacial score (nSPS) is 19.0. The molecule has 1 aliphatic rings. The van der Waals surface area contributed by atoms with Gasteiger partial charge >= 0.3 is 12.1 Å². The first kappa shape index (κ1) is 11.4. The Bertz CT molecular complexity index is 418. The Morgan fingerprint density at radius 1 is 1.47 bits per heavy atom. The Labute approximate surface area is 98.9 Å². The van der Waals surface area contributed by atoms with Crippen LogP contribution >= 0.6 is 0 Å². The molecule has 0 N–H and O–H groups in total. The number of esters is 1. The van der Waals surface area contributed by atoms with Crippen LogP contribution in [0, 0.1) is 0 Å². The number of carbonyl (C=O) groups excluding carboxylic acids is 2. The van der Waals surface area contributed by atoms with E-state index in [4.69, 9.17) is 4.74 Å². The van der Waals surface area contributed by atoms with E-state index in [2.05, 4.69) is 4.74 Å². The lowest BCUT2D eigenvalue weighted by Crippen LogP contribution is -2.39. The summed E-state index contributed by atoms with van der Waals surface area (Å²) in [5, 5.41) is 0. The highest BCUT2D eigenvalue weighted by Crippen LogP contribution is 2.17. The second kappa shape index (κ2) is 4.86. The molecule has 1 heterocycles. The summed E-state index contributed by atoms with van der Waals surface area (Å²) >= 11 is 0. The lowest BCUT2D eigenvalue weighted by molar-refractivity contribution is -0.145. The van der Waals surface area contributed by atoms with Crippen LogP contribution in [0.25, 0.3) is 0 Å². The van der Waals surface area contributed by atoms with Gasteiger partial charge in [-0.25, -0.2) is 9.59 Å². The Kier molecular flexibility index (Phi) is 3.27. The van der Waals surface area contributed by atoms with Crippen LogP contribution in [0.5, 0.6) is 0 Å². The Morgan fingerprint density at radius 2 is 2.18 bits per heavy atom. The number of amides is 1. The summed E-state index contributed by atoms with van der Waals surface area (Å²) in [6.07, 6.45) is -0.482. The number of ether oxygens (including phenoxy) is 2. The topological polar surface area (TPSA) is 55.8 Å². The average molecular weight is 235 g/mol. The molecule has 1 aromatic rings. The second-order valence-electron chi connectivity index (χ2n) is 3.73. The zero-order valence-electron chi connectivity index (χ0n) is 9.46. The Balaban J connectivity index is 2.12.